The van der Waals surface area contributed by atoms with E-state index in [9.17, 15) is 18.0 Å². The fourth-order valence-corrected chi connectivity index (χ4v) is 3.46. The highest BCUT2D eigenvalue weighted by molar-refractivity contribution is 5.79. The predicted octanol–water partition coefficient (Wildman–Crippen LogP) is 4.93. The van der Waals surface area contributed by atoms with Gasteiger partial charge < -0.3 is 9.42 Å². The van der Waals surface area contributed by atoms with E-state index in [-0.39, 0.29) is 17.8 Å². The van der Waals surface area contributed by atoms with Crippen molar-refractivity contribution in [1.82, 2.24) is 15.0 Å². The van der Waals surface area contributed by atoms with E-state index in [1.54, 1.807) is 4.90 Å². The molecule has 1 saturated heterocycles. The largest absolute Gasteiger partial charge is 0.416 e. The van der Waals surface area contributed by atoms with Crippen molar-refractivity contribution < 1.29 is 22.5 Å². The van der Waals surface area contributed by atoms with Gasteiger partial charge >= 0.3 is 6.18 Å². The highest BCUT2D eigenvalue weighted by Crippen LogP contribution is 2.35. The first-order valence-corrected chi connectivity index (χ1v) is 9.18. The first-order chi connectivity index (χ1) is 13.8. The van der Waals surface area contributed by atoms with E-state index in [4.69, 9.17) is 4.52 Å². The summed E-state index contributed by atoms with van der Waals surface area (Å²) in [5.74, 6) is 0.496. The Balaban J connectivity index is 1.56. The van der Waals surface area contributed by atoms with Crippen LogP contribution in [-0.4, -0.2) is 20.9 Å². The second kappa shape index (κ2) is 7.35. The number of rotatable bonds is 4. The molecule has 0 aliphatic carbocycles. The Bertz CT molecular complexity index is 1030. The normalized spacial score (nSPS) is 17.2. The van der Waals surface area contributed by atoms with Crippen molar-refractivity contribution in [2.75, 3.05) is 0 Å². The molecule has 1 amide bonds. The van der Waals surface area contributed by atoms with Crippen molar-refractivity contribution in [2.45, 2.75) is 38.5 Å². The molecule has 1 aliphatic heterocycles. The Morgan fingerprint density at radius 1 is 1.14 bits per heavy atom. The minimum absolute atomic E-state index is 0.00698. The van der Waals surface area contributed by atoms with Crippen LogP contribution in [0.3, 0.4) is 0 Å². The van der Waals surface area contributed by atoms with E-state index in [0.29, 0.717) is 30.8 Å². The van der Waals surface area contributed by atoms with E-state index in [0.717, 1.165) is 23.3 Å². The van der Waals surface area contributed by atoms with Crippen LogP contribution in [0, 0.1) is 6.92 Å². The molecular weight excluding hydrogens is 383 g/mol. The molecule has 1 aliphatic rings. The van der Waals surface area contributed by atoms with Gasteiger partial charge in [0.25, 0.3) is 0 Å². The zero-order valence-corrected chi connectivity index (χ0v) is 15.6. The molecule has 1 aromatic heterocycles. The monoisotopic (exact) mass is 401 g/mol. The maximum Gasteiger partial charge on any atom is 0.416 e. The molecule has 0 N–H and O–H groups in total. The van der Waals surface area contributed by atoms with Gasteiger partial charge in [-0.3, -0.25) is 4.79 Å². The summed E-state index contributed by atoms with van der Waals surface area (Å²) in [4.78, 5) is 18.5. The lowest BCUT2D eigenvalue weighted by Crippen LogP contribution is -2.27. The summed E-state index contributed by atoms with van der Waals surface area (Å²) in [7, 11) is 0. The standard InChI is InChI=1S/C21H18F3N3O2/c1-13-4-2-3-5-15(13)12-27-17(10-11-18(27)28)20-25-19(26-29-20)14-6-8-16(9-7-14)21(22,23)24/h2-9,17H,10-12H2,1H3. The number of hydrogen-bond donors (Lipinski definition) is 0. The number of hydrogen-bond acceptors (Lipinski definition) is 4. The lowest BCUT2D eigenvalue weighted by Gasteiger charge is -2.23. The predicted molar refractivity (Wildman–Crippen MR) is 98.4 cm³/mol. The average Bonchev–Trinajstić information content (AvgIpc) is 3.30. The van der Waals surface area contributed by atoms with Crippen molar-refractivity contribution in [3.8, 4) is 11.4 Å². The lowest BCUT2D eigenvalue weighted by atomic mass is 10.1. The van der Waals surface area contributed by atoms with Crippen LogP contribution in [0.5, 0.6) is 0 Å². The summed E-state index contributed by atoms with van der Waals surface area (Å²) in [5.41, 5.74) is 1.80. The van der Waals surface area contributed by atoms with E-state index in [2.05, 4.69) is 10.1 Å². The van der Waals surface area contributed by atoms with Crippen LogP contribution in [0.25, 0.3) is 11.4 Å². The maximum atomic E-state index is 12.7. The summed E-state index contributed by atoms with van der Waals surface area (Å²) < 4.78 is 43.6. The maximum absolute atomic E-state index is 12.7. The molecular formula is C21H18F3N3O2. The first kappa shape index (κ1) is 19.2. The molecule has 5 nitrogen and oxygen atoms in total. The lowest BCUT2D eigenvalue weighted by molar-refractivity contribution is -0.137. The second-order valence-electron chi connectivity index (χ2n) is 7.03. The van der Waals surface area contributed by atoms with Gasteiger partial charge in [-0.15, -0.1) is 0 Å². The molecule has 0 saturated carbocycles. The molecule has 1 unspecified atom stereocenters. The first-order valence-electron chi connectivity index (χ1n) is 9.18. The number of halogens is 3. The molecule has 2 heterocycles. The van der Waals surface area contributed by atoms with Gasteiger partial charge in [0.05, 0.1) is 5.56 Å². The van der Waals surface area contributed by atoms with Crippen LogP contribution in [-0.2, 0) is 17.5 Å². The minimum atomic E-state index is -4.40. The van der Waals surface area contributed by atoms with Gasteiger partial charge in [0.1, 0.15) is 6.04 Å². The van der Waals surface area contributed by atoms with Crippen molar-refractivity contribution in [3.05, 3.63) is 71.1 Å². The average molecular weight is 401 g/mol. The third-order valence-electron chi connectivity index (χ3n) is 5.13. The van der Waals surface area contributed by atoms with Crippen LogP contribution in [0.15, 0.2) is 53.1 Å². The quantitative estimate of drug-likeness (QED) is 0.622. The van der Waals surface area contributed by atoms with Gasteiger partial charge in [-0.1, -0.05) is 41.6 Å². The number of likely N-dealkylation sites (tertiary alicyclic amines) is 1. The molecule has 0 spiro atoms. The third-order valence-corrected chi connectivity index (χ3v) is 5.13. The molecule has 1 atom stereocenters. The number of aryl methyl sites for hydroxylation is 1. The van der Waals surface area contributed by atoms with Crippen LogP contribution >= 0.6 is 0 Å². The Kier molecular flexibility index (Phi) is 4.86. The van der Waals surface area contributed by atoms with Crippen LogP contribution in [0.2, 0.25) is 0 Å². The van der Waals surface area contributed by atoms with Crippen LogP contribution in [0.1, 0.15) is 41.5 Å². The van der Waals surface area contributed by atoms with Gasteiger partial charge in [-0.2, -0.15) is 18.2 Å². The molecule has 1 fully saturated rings. The van der Waals surface area contributed by atoms with Crippen molar-refractivity contribution in [1.29, 1.82) is 0 Å². The van der Waals surface area contributed by atoms with Crippen LogP contribution in [0.4, 0.5) is 13.2 Å². The molecule has 150 valence electrons. The van der Waals surface area contributed by atoms with Gasteiger partial charge in [-0.25, -0.2) is 0 Å². The van der Waals surface area contributed by atoms with E-state index in [1.807, 2.05) is 31.2 Å². The van der Waals surface area contributed by atoms with Gasteiger partial charge in [0.15, 0.2) is 0 Å². The number of carbonyl (C=O) groups is 1. The minimum Gasteiger partial charge on any atom is -0.337 e. The fourth-order valence-electron chi connectivity index (χ4n) is 3.46. The number of alkyl halides is 3. The van der Waals surface area contributed by atoms with Crippen LogP contribution < -0.4 is 0 Å². The Morgan fingerprint density at radius 2 is 1.86 bits per heavy atom. The Morgan fingerprint density at radius 3 is 2.55 bits per heavy atom. The SMILES string of the molecule is Cc1ccccc1CN1C(=O)CCC1c1nc(-c2ccc(C(F)(F)F)cc2)no1. The van der Waals surface area contributed by atoms with E-state index in [1.165, 1.54) is 12.1 Å². The summed E-state index contributed by atoms with van der Waals surface area (Å²) in [6, 6.07) is 12.1. The number of nitrogens with zero attached hydrogens (tertiary/aromatic N) is 3. The highest BCUT2D eigenvalue weighted by Gasteiger charge is 2.36. The zero-order chi connectivity index (χ0) is 20.6. The molecule has 3 aromatic rings. The molecule has 29 heavy (non-hydrogen) atoms. The van der Waals surface area contributed by atoms with Crippen molar-refractivity contribution in [3.63, 3.8) is 0 Å². The fraction of sp³-hybridized carbons (Fsp3) is 0.286. The van der Waals surface area contributed by atoms with Gasteiger partial charge in [-0.05, 0) is 36.6 Å². The topological polar surface area (TPSA) is 59.2 Å². The Hall–Kier alpha value is -3.16. The Labute approximate surface area is 165 Å². The number of benzene rings is 2. The van der Waals surface area contributed by atoms with Crippen molar-refractivity contribution in [2.24, 2.45) is 0 Å². The highest BCUT2D eigenvalue weighted by atomic mass is 19.4. The summed E-state index contributed by atoms with van der Waals surface area (Å²) in [6.45, 7) is 2.43. The molecule has 0 bridgehead atoms. The molecule has 8 heteroatoms. The van der Waals surface area contributed by atoms with E-state index < -0.39 is 11.7 Å². The number of aromatic nitrogens is 2. The number of amides is 1. The smallest absolute Gasteiger partial charge is 0.337 e. The molecule has 0 radical (unpaired) electrons. The van der Waals surface area contributed by atoms with Gasteiger partial charge in [0.2, 0.25) is 17.6 Å². The second-order valence-corrected chi connectivity index (χ2v) is 7.03. The van der Waals surface area contributed by atoms with Crippen molar-refractivity contribution >= 4 is 5.91 Å². The van der Waals surface area contributed by atoms with Gasteiger partial charge in [0, 0.05) is 18.5 Å². The summed E-state index contributed by atoms with van der Waals surface area (Å²) >= 11 is 0. The third kappa shape index (κ3) is 3.87. The zero-order valence-electron chi connectivity index (χ0n) is 15.6. The summed E-state index contributed by atoms with van der Waals surface area (Å²) in [6.07, 6.45) is -3.46. The number of carbonyl (C=O) groups excluding carboxylic acids is 1. The van der Waals surface area contributed by atoms with E-state index >= 15 is 0 Å². The molecule has 2 aromatic carbocycles. The summed E-state index contributed by atoms with van der Waals surface area (Å²) in [5, 5.41) is 3.90. The molecule has 4 rings (SSSR count).